The first-order valence-corrected chi connectivity index (χ1v) is 13.3. The van der Waals surface area contributed by atoms with Crippen LogP contribution < -0.4 is 10.6 Å². The van der Waals surface area contributed by atoms with Gasteiger partial charge in [-0.2, -0.15) is 0 Å². The summed E-state index contributed by atoms with van der Waals surface area (Å²) in [4.78, 5) is 45.5. The lowest BCUT2D eigenvalue weighted by atomic mass is 9.98. The number of anilines is 1. The van der Waals surface area contributed by atoms with Crippen molar-refractivity contribution in [3.63, 3.8) is 0 Å². The molecule has 0 bridgehead atoms. The Balaban J connectivity index is 1.54. The predicted octanol–water partition coefficient (Wildman–Crippen LogP) is 4.74. The average Bonchev–Trinajstić information content (AvgIpc) is 3.60. The third-order valence-electron chi connectivity index (χ3n) is 6.87. The molecule has 1 aromatic heterocycles. The van der Waals surface area contributed by atoms with Crippen molar-refractivity contribution in [2.45, 2.75) is 89.3 Å². The summed E-state index contributed by atoms with van der Waals surface area (Å²) in [6, 6.07) is 7.39. The first-order chi connectivity index (χ1) is 16.5. The maximum atomic E-state index is 13.6. The van der Waals surface area contributed by atoms with Gasteiger partial charge in [-0.1, -0.05) is 55.5 Å². The van der Waals surface area contributed by atoms with Gasteiger partial charge >= 0.3 is 0 Å². The number of benzene rings is 1. The molecular weight excluding hydrogens is 448 g/mol. The highest BCUT2D eigenvalue weighted by atomic mass is 32.1. The Bertz CT molecular complexity index is 964. The van der Waals surface area contributed by atoms with Crippen LogP contribution in [0, 0.1) is 6.92 Å². The summed E-state index contributed by atoms with van der Waals surface area (Å²) in [6.45, 7) is 2.01. The van der Waals surface area contributed by atoms with Gasteiger partial charge in [-0.05, 0) is 38.2 Å². The van der Waals surface area contributed by atoms with Crippen LogP contribution in [0.5, 0.6) is 0 Å². The van der Waals surface area contributed by atoms with Crippen molar-refractivity contribution in [3.8, 4) is 0 Å². The second-order valence-electron chi connectivity index (χ2n) is 9.43. The molecule has 8 heteroatoms. The molecule has 1 aromatic carbocycles. The fourth-order valence-electron chi connectivity index (χ4n) is 5.09. The van der Waals surface area contributed by atoms with Gasteiger partial charge in [0, 0.05) is 36.5 Å². The van der Waals surface area contributed by atoms with Crippen molar-refractivity contribution >= 4 is 34.2 Å². The predicted molar refractivity (Wildman–Crippen MR) is 133 cm³/mol. The van der Waals surface area contributed by atoms with Gasteiger partial charge in [-0.3, -0.25) is 14.4 Å². The summed E-state index contributed by atoms with van der Waals surface area (Å²) in [5.74, 6) is -0.492. The number of carbonyl (C=O) groups excluding carboxylic acids is 3. The van der Waals surface area contributed by atoms with Crippen LogP contribution >= 0.6 is 11.3 Å². The van der Waals surface area contributed by atoms with Crippen LogP contribution in [-0.2, 0) is 14.4 Å². The zero-order valence-corrected chi connectivity index (χ0v) is 20.6. The fraction of sp³-hybridized carbons (Fsp3) is 0.538. The molecule has 4 rings (SSSR count). The minimum Gasteiger partial charge on any atom is -0.351 e. The summed E-state index contributed by atoms with van der Waals surface area (Å²) in [6.07, 6.45) is 9.84. The van der Waals surface area contributed by atoms with E-state index in [0.717, 1.165) is 62.5 Å². The molecule has 0 saturated heterocycles. The van der Waals surface area contributed by atoms with Crippen LogP contribution in [-0.4, -0.2) is 39.7 Å². The molecule has 7 nitrogen and oxygen atoms in total. The van der Waals surface area contributed by atoms with Crippen LogP contribution in [0.4, 0.5) is 5.13 Å². The summed E-state index contributed by atoms with van der Waals surface area (Å²) >= 11 is 1.34. The molecule has 2 aliphatic carbocycles. The van der Waals surface area contributed by atoms with E-state index in [-0.39, 0.29) is 42.6 Å². The number of nitrogens with zero attached hydrogens (tertiary/aromatic N) is 2. The highest BCUT2D eigenvalue weighted by Crippen LogP contribution is 2.33. The normalized spacial score (nSPS) is 17.4. The first-order valence-electron chi connectivity index (χ1n) is 12.4. The maximum Gasteiger partial charge on any atom is 0.247 e. The summed E-state index contributed by atoms with van der Waals surface area (Å²) < 4.78 is 0. The summed E-state index contributed by atoms with van der Waals surface area (Å²) in [5.41, 5.74) is 1.94. The van der Waals surface area contributed by atoms with Crippen molar-refractivity contribution in [3.05, 3.63) is 47.0 Å². The number of rotatable bonds is 9. The molecule has 1 heterocycles. The van der Waals surface area contributed by atoms with Crippen molar-refractivity contribution in [1.82, 2.24) is 15.2 Å². The molecule has 2 aromatic rings. The van der Waals surface area contributed by atoms with E-state index in [4.69, 9.17) is 0 Å². The molecular formula is C26H34N4O3S. The van der Waals surface area contributed by atoms with Gasteiger partial charge in [0.1, 0.15) is 6.04 Å². The van der Waals surface area contributed by atoms with Crippen molar-refractivity contribution in [2.24, 2.45) is 0 Å². The Morgan fingerprint density at radius 2 is 1.71 bits per heavy atom. The van der Waals surface area contributed by atoms with Gasteiger partial charge in [0.15, 0.2) is 5.13 Å². The maximum absolute atomic E-state index is 13.6. The zero-order chi connectivity index (χ0) is 23.9. The van der Waals surface area contributed by atoms with Gasteiger partial charge in [-0.15, -0.1) is 11.3 Å². The smallest absolute Gasteiger partial charge is 0.247 e. The molecule has 1 atom stereocenters. The Hall–Kier alpha value is -2.74. The number of carbonyl (C=O) groups is 3. The van der Waals surface area contributed by atoms with Gasteiger partial charge < -0.3 is 15.5 Å². The van der Waals surface area contributed by atoms with Crippen LogP contribution in [0.2, 0.25) is 0 Å². The van der Waals surface area contributed by atoms with Crippen molar-refractivity contribution < 1.29 is 14.4 Å². The van der Waals surface area contributed by atoms with E-state index in [9.17, 15) is 14.4 Å². The molecule has 2 saturated carbocycles. The Kier molecular flexibility index (Phi) is 8.32. The van der Waals surface area contributed by atoms with Crippen LogP contribution in [0.3, 0.4) is 0 Å². The standard InChI is InChI=1S/C26H34N4O3S/c1-18-10-12-19(13-11-18)24(25(33)28-20-6-2-3-7-20)30(21-8-4-5-9-21)23(32)15-14-22(31)29-26-27-16-17-34-26/h10-13,16-17,20-21,24H,2-9,14-15H2,1H3,(H,28,33)(H,27,29,31)/t24-/m1/s1. The monoisotopic (exact) mass is 482 g/mol. The number of amides is 3. The molecule has 0 unspecified atom stereocenters. The van der Waals surface area contributed by atoms with Crippen LogP contribution in [0.25, 0.3) is 0 Å². The first kappa shape index (κ1) is 24.4. The average molecular weight is 483 g/mol. The molecule has 0 radical (unpaired) electrons. The number of hydrogen-bond donors (Lipinski definition) is 2. The summed E-state index contributed by atoms with van der Waals surface area (Å²) in [5, 5.41) is 8.28. The van der Waals surface area contributed by atoms with Gasteiger partial charge in [0.25, 0.3) is 0 Å². The van der Waals surface area contributed by atoms with E-state index in [1.807, 2.05) is 31.2 Å². The molecule has 0 aliphatic heterocycles. The molecule has 3 amide bonds. The van der Waals surface area contributed by atoms with Crippen LogP contribution in [0.15, 0.2) is 35.8 Å². The number of aromatic nitrogens is 1. The Labute approximate surface area is 205 Å². The fourth-order valence-corrected chi connectivity index (χ4v) is 5.64. The Morgan fingerprint density at radius 3 is 2.35 bits per heavy atom. The highest BCUT2D eigenvalue weighted by Gasteiger charge is 2.38. The molecule has 2 N–H and O–H groups in total. The quantitative estimate of drug-likeness (QED) is 0.540. The summed E-state index contributed by atoms with van der Waals surface area (Å²) in [7, 11) is 0. The van der Waals surface area contributed by atoms with E-state index < -0.39 is 6.04 Å². The van der Waals surface area contributed by atoms with E-state index in [0.29, 0.717) is 5.13 Å². The molecule has 182 valence electrons. The number of hydrogen-bond acceptors (Lipinski definition) is 5. The number of aryl methyl sites for hydroxylation is 1. The van der Waals surface area contributed by atoms with E-state index in [2.05, 4.69) is 15.6 Å². The lowest BCUT2D eigenvalue weighted by Crippen LogP contribution is -2.49. The Morgan fingerprint density at radius 1 is 1.03 bits per heavy atom. The largest absolute Gasteiger partial charge is 0.351 e. The second kappa shape index (κ2) is 11.6. The van der Waals surface area contributed by atoms with Crippen molar-refractivity contribution in [1.29, 1.82) is 0 Å². The van der Waals surface area contributed by atoms with Gasteiger partial charge in [0.05, 0.1) is 0 Å². The highest BCUT2D eigenvalue weighted by molar-refractivity contribution is 7.13. The SMILES string of the molecule is Cc1ccc([C@H](C(=O)NC2CCCC2)N(C(=O)CCC(=O)Nc2nccs2)C2CCCC2)cc1. The minimum atomic E-state index is -0.682. The minimum absolute atomic E-state index is 0.00940. The molecule has 34 heavy (non-hydrogen) atoms. The third-order valence-corrected chi connectivity index (χ3v) is 7.56. The topological polar surface area (TPSA) is 91.4 Å². The number of nitrogens with one attached hydrogen (secondary N) is 2. The molecule has 2 fully saturated rings. The lowest BCUT2D eigenvalue weighted by Gasteiger charge is -2.37. The third kappa shape index (κ3) is 6.23. The van der Waals surface area contributed by atoms with Gasteiger partial charge in [0.2, 0.25) is 17.7 Å². The van der Waals surface area contributed by atoms with Gasteiger partial charge in [-0.25, -0.2) is 4.98 Å². The van der Waals surface area contributed by atoms with E-state index in [1.54, 1.807) is 16.5 Å². The zero-order valence-electron chi connectivity index (χ0n) is 19.8. The van der Waals surface area contributed by atoms with Crippen molar-refractivity contribution in [2.75, 3.05) is 5.32 Å². The van der Waals surface area contributed by atoms with E-state index >= 15 is 0 Å². The van der Waals surface area contributed by atoms with E-state index in [1.165, 1.54) is 11.3 Å². The van der Waals surface area contributed by atoms with Crippen LogP contribution in [0.1, 0.15) is 81.4 Å². The molecule has 0 spiro atoms. The number of thiazole rings is 1. The molecule has 2 aliphatic rings. The second-order valence-corrected chi connectivity index (χ2v) is 10.3. The lowest BCUT2D eigenvalue weighted by molar-refractivity contribution is -0.144.